The highest BCUT2D eigenvalue weighted by Crippen LogP contribution is 2.40. The molecule has 0 aliphatic heterocycles. The number of benzene rings is 1. The van der Waals surface area contributed by atoms with E-state index in [9.17, 15) is 9.59 Å². The Morgan fingerprint density at radius 1 is 0.786 bits per heavy atom. The monoisotopic (exact) mass is 382 g/mol. The van der Waals surface area contributed by atoms with Crippen molar-refractivity contribution >= 4 is 11.9 Å². The average Bonchev–Trinajstić information content (AvgIpc) is 3.39. The first-order chi connectivity index (χ1) is 13.5. The lowest BCUT2D eigenvalue weighted by molar-refractivity contribution is 0.0482. The molecule has 0 saturated heterocycles. The summed E-state index contributed by atoms with van der Waals surface area (Å²) in [6, 6.07) is 16.1. The molecule has 0 bridgehead atoms. The van der Waals surface area contributed by atoms with Gasteiger partial charge in [-0.1, -0.05) is 30.3 Å². The van der Waals surface area contributed by atoms with E-state index in [1.54, 1.807) is 38.1 Å². The fourth-order valence-corrected chi connectivity index (χ4v) is 3.01. The van der Waals surface area contributed by atoms with Crippen LogP contribution in [-0.4, -0.2) is 25.2 Å². The maximum atomic E-state index is 12.0. The zero-order valence-electron chi connectivity index (χ0n) is 16.1. The summed E-state index contributed by atoms with van der Waals surface area (Å²) in [6.45, 7) is 5.88. The Hall–Kier alpha value is -3.28. The number of esters is 2. The summed E-state index contributed by atoms with van der Waals surface area (Å²) in [4.78, 5) is 24.0. The maximum absolute atomic E-state index is 12.0. The van der Waals surface area contributed by atoms with Crippen molar-refractivity contribution in [3.8, 4) is 0 Å². The molecule has 0 fully saturated rings. The molecular weight excluding hydrogens is 360 g/mol. The van der Waals surface area contributed by atoms with E-state index in [4.69, 9.17) is 18.3 Å². The Kier molecular flexibility index (Phi) is 5.68. The number of hydrogen-bond donors (Lipinski definition) is 0. The van der Waals surface area contributed by atoms with E-state index in [0.29, 0.717) is 11.5 Å². The first kappa shape index (κ1) is 19.5. The van der Waals surface area contributed by atoms with Gasteiger partial charge in [-0.3, -0.25) is 0 Å². The molecule has 6 nitrogen and oxygen atoms in total. The molecule has 3 aromatic rings. The van der Waals surface area contributed by atoms with Crippen LogP contribution in [-0.2, 0) is 14.9 Å². The molecule has 3 rings (SSSR count). The molecule has 0 aliphatic rings. The number of hydrogen-bond acceptors (Lipinski definition) is 6. The van der Waals surface area contributed by atoms with Crippen LogP contribution in [0.3, 0.4) is 0 Å². The van der Waals surface area contributed by atoms with Crippen molar-refractivity contribution in [3.63, 3.8) is 0 Å². The largest absolute Gasteiger partial charge is 0.460 e. The molecule has 0 saturated carbocycles. The molecule has 0 aliphatic carbocycles. The lowest BCUT2D eigenvalue weighted by Crippen LogP contribution is -2.24. The van der Waals surface area contributed by atoms with Crippen LogP contribution >= 0.6 is 0 Å². The zero-order valence-corrected chi connectivity index (χ0v) is 16.1. The average molecular weight is 382 g/mol. The number of furan rings is 2. The van der Waals surface area contributed by atoms with E-state index in [1.165, 1.54) is 0 Å². The van der Waals surface area contributed by atoms with E-state index in [2.05, 4.69) is 0 Å². The highest BCUT2D eigenvalue weighted by molar-refractivity contribution is 5.87. The van der Waals surface area contributed by atoms with Gasteiger partial charge in [-0.2, -0.15) is 0 Å². The summed E-state index contributed by atoms with van der Waals surface area (Å²) in [6.07, 6.45) is 0. The first-order valence-corrected chi connectivity index (χ1v) is 9.11. The smallest absolute Gasteiger partial charge is 0.374 e. The Labute approximate surface area is 163 Å². The topological polar surface area (TPSA) is 78.9 Å². The van der Waals surface area contributed by atoms with Gasteiger partial charge in [0.2, 0.25) is 11.5 Å². The molecule has 0 radical (unpaired) electrons. The van der Waals surface area contributed by atoms with Crippen molar-refractivity contribution in [2.75, 3.05) is 13.2 Å². The van der Waals surface area contributed by atoms with Gasteiger partial charge in [0.1, 0.15) is 16.9 Å². The van der Waals surface area contributed by atoms with Crippen LogP contribution in [0, 0.1) is 0 Å². The van der Waals surface area contributed by atoms with Crippen LogP contribution in [0.2, 0.25) is 0 Å². The predicted octanol–water partition coefficient (Wildman–Crippen LogP) is 4.58. The van der Waals surface area contributed by atoms with Crippen molar-refractivity contribution in [2.24, 2.45) is 0 Å². The summed E-state index contributed by atoms with van der Waals surface area (Å²) in [5.74, 6) is 0.136. The van der Waals surface area contributed by atoms with Gasteiger partial charge >= 0.3 is 11.9 Å². The third-order valence-electron chi connectivity index (χ3n) is 4.50. The second-order valence-corrected chi connectivity index (χ2v) is 6.26. The van der Waals surface area contributed by atoms with Crippen molar-refractivity contribution in [3.05, 3.63) is 83.2 Å². The van der Waals surface area contributed by atoms with Crippen LogP contribution in [0.25, 0.3) is 0 Å². The minimum Gasteiger partial charge on any atom is -0.460 e. The molecule has 0 N–H and O–H groups in total. The normalized spacial score (nSPS) is 11.2. The van der Waals surface area contributed by atoms with E-state index >= 15 is 0 Å². The summed E-state index contributed by atoms with van der Waals surface area (Å²) in [5.41, 5.74) is 0.0148. The minimum atomic E-state index is -0.864. The summed E-state index contributed by atoms with van der Waals surface area (Å²) < 4.78 is 21.7. The Morgan fingerprint density at radius 2 is 1.25 bits per heavy atom. The molecule has 0 unspecified atom stereocenters. The number of carbonyl (C=O) groups is 2. The molecule has 0 atom stereocenters. The van der Waals surface area contributed by atoms with Gasteiger partial charge in [-0.05, 0) is 50.6 Å². The molecule has 0 amide bonds. The molecule has 6 heteroatoms. The third kappa shape index (κ3) is 3.58. The highest BCUT2D eigenvalue weighted by atomic mass is 16.5. The summed E-state index contributed by atoms with van der Waals surface area (Å²) in [5, 5.41) is 0. The van der Waals surface area contributed by atoms with Gasteiger partial charge in [-0.25, -0.2) is 9.59 Å². The SMILES string of the molecule is CCOC(=O)c1ccc(C(C)(c2ccccc2)c2ccc(C(=O)OCC)o2)o1. The van der Waals surface area contributed by atoms with Gasteiger partial charge < -0.3 is 18.3 Å². The van der Waals surface area contributed by atoms with Crippen LogP contribution in [0.15, 0.2) is 63.4 Å². The zero-order chi connectivity index (χ0) is 20.1. The van der Waals surface area contributed by atoms with Gasteiger partial charge in [0.05, 0.1) is 13.2 Å². The van der Waals surface area contributed by atoms with E-state index in [1.807, 2.05) is 37.3 Å². The summed E-state index contributed by atoms with van der Waals surface area (Å²) >= 11 is 0. The van der Waals surface area contributed by atoms with Gasteiger partial charge in [0.15, 0.2) is 0 Å². The van der Waals surface area contributed by atoms with Crippen LogP contribution in [0.1, 0.15) is 59.0 Å². The van der Waals surface area contributed by atoms with Crippen molar-refractivity contribution in [2.45, 2.75) is 26.2 Å². The highest BCUT2D eigenvalue weighted by Gasteiger charge is 2.38. The lowest BCUT2D eigenvalue weighted by atomic mass is 9.78. The fourth-order valence-electron chi connectivity index (χ4n) is 3.01. The lowest BCUT2D eigenvalue weighted by Gasteiger charge is -2.26. The van der Waals surface area contributed by atoms with Crippen molar-refractivity contribution < 1.29 is 27.9 Å². The standard InChI is InChI=1S/C22H22O6/c1-4-25-20(23)16-11-13-18(27-16)22(3,15-9-7-6-8-10-15)19-14-12-17(28-19)21(24)26-5-2/h6-14H,4-5H2,1-3H3. The molecule has 1 aromatic carbocycles. The van der Waals surface area contributed by atoms with E-state index < -0.39 is 17.4 Å². The second-order valence-electron chi connectivity index (χ2n) is 6.26. The quantitative estimate of drug-likeness (QED) is 0.557. The molecule has 2 aromatic heterocycles. The Balaban J connectivity index is 2.08. The van der Waals surface area contributed by atoms with E-state index in [-0.39, 0.29) is 24.7 Å². The van der Waals surface area contributed by atoms with Crippen molar-refractivity contribution in [1.29, 1.82) is 0 Å². The Morgan fingerprint density at radius 3 is 1.68 bits per heavy atom. The minimum absolute atomic E-state index is 0.108. The maximum Gasteiger partial charge on any atom is 0.374 e. The second kappa shape index (κ2) is 8.17. The third-order valence-corrected chi connectivity index (χ3v) is 4.50. The number of carbonyl (C=O) groups excluding carboxylic acids is 2. The van der Waals surface area contributed by atoms with Crippen LogP contribution in [0.5, 0.6) is 0 Å². The van der Waals surface area contributed by atoms with Gasteiger partial charge in [-0.15, -0.1) is 0 Å². The molecule has 2 heterocycles. The fraction of sp³-hybridized carbons (Fsp3) is 0.273. The number of ether oxygens (including phenoxy) is 2. The van der Waals surface area contributed by atoms with Crippen molar-refractivity contribution in [1.82, 2.24) is 0 Å². The van der Waals surface area contributed by atoms with Gasteiger partial charge in [0, 0.05) is 0 Å². The van der Waals surface area contributed by atoms with Crippen LogP contribution < -0.4 is 0 Å². The van der Waals surface area contributed by atoms with E-state index in [0.717, 1.165) is 5.56 Å². The summed E-state index contributed by atoms with van der Waals surface area (Å²) in [7, 11) is 0. The van der Waals surface area contributed by atoms with Gasteiger partial charge in [0.25, 0.3) is 0 Å². The number of rotatable bonds is 7. The first-order valence-electron chi connectivity index (χ1n) is 9.11. The molecule has 0 spiro atoms. The predicted molar refractivity (Wildman–Crippen MR) is 101 cm³/mol. The molecular formula is C22H22O6. The molecule has 146 valence electrons. The molecule has 28 heavy (non-hydrogen) atoms. The van der Waals surface area contributed by atoms with Crippen LogP contribution in [0.4, 0.5) is 0 Å². The Bertz CT molecular complexity index is 894.